The molecule has 0 spiro atoms. The predicted octanol–water partition coefficient (Wildman–Crippen LogP) is 5.06. The van der Waals surface area contributed by atoms with Gasteiger partial charge in [-0.2, -0.15) is 25.3 Å². The summed E-state index contributed by atoms with van der Waals surface area (Å²) in [6, 6.07) is 8.56. The Balaban J connectivity index is 2.51. The molecule has 3 aromatic rings. The Labute approximate surface area is 123 Å². The maximum Gasteiger partial charge on any atom is 0.139 e. The van der Waals surface area contributed by atoms with Crippen molar-refractivity contribution in [2.24, 2.45) is 0 Å². The minimum atomic E-state index is 0.693. The highest BCUT2D eigenvalue weighted by Gasteiger charge is 2.15. The topological polar surface area (TPSA) is 13.1 Å². The molecule has 3 rings (SSSR count). The van der Waals surface area contributed by atoms with Crippen LogP contribution >= 0.6 is 25.3 Å². The van der Waals surface area contributed by atoms with E-state index in [-0.39, 0.29) is 0 Å². The normalized spacial score (nSPS) is 11.6. The van der Waals surface area contributed by atoms with Crippen LogP contribution in [0.25, 0.3) is 21.9 Å². The van der Waals surface area contributed by atoms with Crippen molar-refractivity contribution in [2.45, 2.75) is 25.4 Å². The van der Waals surface area contributed by atoms with E-state index < -0.39 is 0 Å². The predicted molar refractivity (Wildman–Crippen MR) is 88.6 cm³/mol. The van der Waals surface area contributed by atoms with E-state index in [9.17, 15) is 0 Å². The number of fused-ring (bicyclic) bond motifs is 3. The molecule has 0 amide bonds. The molecule has 0 aliphatic rings. The fraction of sp³-hybridized carbons (Fsp3) is 0.250. The summed E-state index contributed by atoms with van der Waals surface area (Å²) in [5.74, 6) is 1.39. The van der Waals surface area contributed by atoms with E-state index in [0.717, 1.165) is 11.2 Å². The average Bonchev–Trinajstić information content (AvgIpc) is 2.77. The maximum absolute atomic E-state index is 6.16. The molecule has 98 valence electrons. The van der Waals surface area contributed by atoms with Gasteiger partial charge in [0.25, 0.3) is 0 Å². The number of rotatable bonds is 2. The SMILES string of the molecule is Cc1ccc2c(oc3c(CS)c(C)ccc32)c1CS. The molecule has 1 nitrogen and oxygen atoms in total. The minimum Gasteiger partial charge on any atom is -0.455 e. The van der Waals surface area contributed by atoms with Crippen molar-refractivity contribution in [2.75, 3.05) is 0 Å². The van der Waals surface area contributed by atoms with Crippen LogP contribution in [0.3, 0.4) is 0 Å². The molecule has 0 aliphatic heterocycles. The van der Waals surface area contributed by atoms with Crippen molar-refractivity contribution >= 4 is 47.2 Å². The van der Waals surface area contributed by atoms with Crippen LogP contribution < -0.4 is 0 Å². The van der Waals surface area contributed by atoms with Crippen molar-refractivity contribution in [3.8, 4) is 0 Å². The van der Waals surface area contributed by atoms with Crippen molar-refractivity contribution in [1.29, 1.82) is 0 Å². The maximum atomic E-state index is 6.16. The molecule has 0 radical (unpaired) electrons. The minimum absolute atomic E-state index is 0.693. The van der Waals surface area contributed by atoms with E-state index >= 15 is 0 Å². The van der Waals surface area contributed by atoms with Crippen molar-refractivity contribution < 1.29 is 4.42 Å². The number of benzene rings is 2. The molecule has 2 aromatic carbocycles. The zero-order chi connectivity index (χ0) is 13.6. The Morgan fingerprint density at radius 3 is 1.58 bits per heavy atom. The first kappa shape index (κ1) is 12.9. The number of hydrogen-bond donors (Lipinski definition) is 2. The summed E-state index contributed by atoms with van der Waals surface area (Å²) in [5.41, 5.74) is 6.76. The van der Waals surface area contributed by atoms with Gasteiger partial charge in [-0.15, -0.1) is 0 Å². The van der Waals surface area contributed by atoms with E-state index in [0.29, 0.717) is 11.5 Å². The van der Waals surface area contributed by atoms with Gasteiger partial charge in [0.15, 0.2) is 0 Å². The fourth-order valence-electron chi connectivity index (χ4n) is 2.60. The van der Waals surface area contributed by atoms with E-state index in [1.807, 2.05) is 0 Å². The monoisotopic (exact) mass is 288 g/mol. The van der Waals surface area contributed by atoms with Gasteiger partial charge < -0.3 is 4.42 Å². The molecular weight excluding hydrogens is 272 g/mol. The molecular formula is C16H16OS2. The lowest BCUT2D eigenvalue weighted by atomic mass is 10.0. The molecule has 0 aliphatic carbocycles. The highest BCUT2D eigenvalue weighted by atomic mass is 32.1. The van der Waals surface area contributed by atoms with Gasteiger partial charge >= 0.3 is 0 Å². The molecule has 1 aromatic heterocycles. The van der Waals surface area contributed by atoms with Gasteiger partial charge in [-0.3, -0.25) is 0 Å². The van der Waals surface area contributed by atoms with Gasteiger partial charge in [0, 0.05) is 33.4 Å². The molecule has 0 bridgehead atoms. The average molecular weight is 288 g/mol. The first-order valence-electron chi connectivity index (χ1n) is 6.32. The van der Waals surface area contributed by atoms with Gasteiger partial charge in [0.2, 0.25) is 0 Å². The van der Waals surface area contributed by atoms with Crippen LogP contribution in [0, 0.1) is 13.8 Å². The van der Waals surface area contributed by atoms with Gasteiger partial charge in [-0.25, -0.2) is 0 Å². The highest BCUT2D eigenvalue weighted by Crippen LogP contribution is 2.36. The standard InChI is InChI=1S/C16H16OS2/c1-9-3-5-11-12-6-4-10(2)14(8-19)16(12)17-15(11)13(9)7-18/h3-6,18-19H,7-8H2,1-2H3. The van der Waals surface area contributed by atoms with Crippen LogP contribution in [-0.4, -0.2) is 0 Å². The smallest absolute Gasteiger partial charge is 0.139 e. The number of thiol groups is 2. The van der Waals surface area contributed by atoms with Gasteiger partial charge in [-0.05, 0) is 25.0 Å². The number of hydrogen-bond acceptors (Lipinski definition) is 3. The Bertz CT molecular complexity index is 707. The third kappa shape index (κ3) is 1.87. The fourth-order valence-corrected chi connectivity index (χ4v) is 3.39. The number of furan rings is 1. The van der Waals surface area contributed by atoms with E-state index in [4.69, 9.17) is 4.42 Å². The quantitative estimate of drug-likeness (QED) is 0.628. The van der Waals surface area contributed by atoms with Crippen LogP contribution in [0.5, 0.6) is 0 Å². The molecule has 0 N–H and O–H groups in total. The lowest BCUT2D eigenvalue weighted by molar-refractivity contribution is 0.661. The van der Waals surface area contributed by atoms with E-state index in [1.54, 1.807) is 0 Å². The molecule has 0 saturated heterocycles. The van der Waals surface area contributed by atoms with Crippen LogP contribution in [0.15, 0.2) is 28.7 Å². The lowest BCUT2D eigenvalue weighted by Crippen LogP contribution is -1.84. The summed E-state index contributed by atoms with van der Waals surface area (Å²) in [4.78, 5) is 0. The third-order valence-electron chi connectivity index (χ3n) is 3.80. The van der Waals surface area contributed by atoms with Gasteiger partial charge in [-0.1, -0.05) is 24.3 Å². The second-order valence-corrected chi connectivity index (χ2v) is 5.53. The second kappa shape index (κ2) is 4.80. The first-order valence-corrected chi connectivity index (χ1v) is 7.58. The van der Waals surface area contributed by atoms with Crippen LogP contribution in [0.2, 0.25) is 0 Å². The Hall–Kier alpha value is -1.06. The lowest BCUT2D eigenvalue weighted by Gasteiger charge is -2.02. The Morgan fingerprint density at radius 2 is 1.21 bits per heavy atom. The zero-order valence-electron chi connectivity index (χ0n) is 11.0. The molecule has 3 heteroatoms. The second-order valence-electron chi connectivity index (χ2n) is 4.89. The van der Waals surface area contributed by atoms with Crippen molar-refractivity contribution in [3.05, 3.63) is 46.5 Å². The molecule has 19 heavy (non-hydrogen) atoms. The summed E-state index contributed by atoms with van der Waals surface area (Å²) in [6.07, 6.45) is 0. The van der Waals surface area contributed by atoms with Gasteiger partial charge in [0.05, 0.1) is 0 Å². The Morgan fingerprint density at radius 1 is 0.789 bits per heavy atom. The highest BCUT2D eigenvalue weighted by molar-refractivity contribution is 7.79. The largest absolute Gasteiger partial charge is 0.455 e. The molecule has 0 fully saturated rings. The summed E-state index contributed by atoms with van der Waals surface area (Å²) in [5, 5.41) is 2.35. The molecule has 1 heterocycles. The third-order valence-corrected chi connectivity index (χ3v) is 4.43. The Kier molecular flexibility index (Phi) is 3.27. The van der Waals surface area contributed by atoms with E-state index in [1.165, 1.54) is 33.0 Å². The molecule has 0 saturated carbocycles. The van der Waals surface area contributed by atoms with E-state index in [2.05, 4.69) is 63.4 Å². The molecule has 0 unspecified atom stereocenters. The van der Waals surface area contributed by atoms with Gasteiger partial charge in [0.1, 0.15) is 11.2 Å². The zero-order valence-corrected chi connectivity index (χ0v) is 12.8. The van der Waals surface area contributed by atoms with Crippen LogP contribution in [0.4, 0.5) is 0 Å². The first-order chi connectivity index (χ1) is 9.17. The summed E-state index contributed by atoms with van der Waals surface area (Å²) >= 11 is 8.86. The number of aryl methyl sites for hydroxylation is 2. The van der Waals surface area contributed by atoms with Crippen LogP contribution in [-0.2, 0) is 11.5 Å². The van der Waals surface area contributed by atoms with Crippen molar-refractivity contribution in [3.63, 3.8) is 0 Å². The summed E-state index contributed by atoms with van der Waals surface area (Å²) in [6.45, 7) is 4.20. The molecule has 0 atom stereocenters. The summed E-state index contributed by atoms with van der Waals surface area (Å²) in [7, 11) is 0. The summed E-state index contributed by atoms with van der Waals surface area (Å²) < 4.78 is 6.16. The van der Waals surface area contributed by atoms with Crippen molar-refractivity contribution in [1.82, 2.24) is 0 Å². The van der Waals surface area contributed by atoms with Crippen LogP contribution in [0.1, 0.15) is 22.3 Å².